The number of fused-ring (bicyclic) bond motifs is 1. The van der Waals surface area contributed by atoms with Crippen molar-refractivity contribution >= 4 is 29.9 Å². The maximum Gasteiger partial charge on any atom is 0.387 e. The Morgan fingerprint density at radius 1 is 1.27 bits per heavy atom. The number of guanidine groups is 1. The number of piperidine rings is 1. The zero-order chi connectivity index (χ0) is 20.8. The van der Waals surface area contributed by atoms with E-state index in [4.69, 9.17) is 9.47 Å². The van der Waals surface area contributed by atoms with Gasteiger partial charge in [-0.3, -0.25) is 4.99 Å². The predicted molar refractivity (Wildman–Crippen MR) is 122 cm³/mol. The first-order valence-electron chi connectivity index (χ1n) is 10.0. The molecule has 30 heavy (non-hydrogen) atoms. The molecule has 2 aliphatic rings. The second kappa shape index (κ2) is 11.7. The summed E-state index contributed by atoms with van der Waals surface area (Å²) in [7, 11) is 1.69. The molecule has 2 heterocycles. The molecule has 0 aliphatic carbocycles. The lowest BCUT2D eigenvalue weighted by atomic mass is 9.97. The lowest BCUT2D eigenvalue weighted by Crippen LogP contribution is -2.46. The number of benzene rings is 1. The van der Waals surface area contributed by atoms with Gasteiger partial charge in [-0.25, -0.2) is 0 Å². The first-order chi connectivity index (χ1) is 14.0. The largest absolute Gasteiger partial charge is 0.454 e. The molecule has 0 radical (unpaired) electrons. The van der Waals surface area contributed by atoms with E-state index in [0.717, 1.165) is 19.6 Å². The van der Waals surface area contributed by atoms with Gasteiger partial charge < -0.3 is 29.7 Å². The summed E-state index contributed by atoms with van der Waals surface area (Å²) in [5.74, 6) is 2.15. The van der Waals surface area contributed by atoms with E-state index in [0.29, 0.717) is 35.0 Å². The predicted octanol–water partition coefficient (Wildman–Crippen LogP) is 3.42. The van der Waals surface area contributed by atoms with Crippen LogP contribution in [0.1, 0.15) is 32.3 Å². The Morgan fingerprint density at radius 2 is 2.00 bits per heavy atom. The minimum atomic E-state index is -2.92. The van der Waals surface area contributed by atoms with E-state index in [2.05, 4.69) is 39.1 Å². The van der Waals surface area contributed by atoms with Crippen LogP contribution < -0.4 is 24.8 Å². The Kier molecular flexibility index (Phi) is 9.66. The van der Waals surface area contributed by atoms with Crippen LogP contribution in [-0.2, 0) is 6.54 Å². The normalized spacial score (nSPS) is 19.0. The molecule has 0 aromatic heterocycles. The van der Waals surface area contributed by atoms with E-state index in [-0.39, 0.29) is 43.1 Å². The van der Waals surface area contributed by atoms with Gasteiger partial charge in [0, 0.05) is 44.4 Å². The van der Waals surface area contributed by atoms with Crippen LogP contribution in [0.3, 0.4) is 0 Å². The van der Waals surface area contributed by atoms with Crippen molar-refractivity contribution in [3.8, 4) is 17.2 Å². The molecule has 170 valence electrons. The number of hydrogen-bond acceptors (Lipinski definition) is 5. The molecule has 1 saturated heterocycles. The Morgan fingerprint density at radius 3 is 2.67 bits per heavy atom. The van der Waals surface area contributed by atoms with Gasteiger partial charge in [-0.1, -0.05) is 0 Å². The smallest absolute Gasteiger partial charge is 0.387 e. The summed E-state index contributed by atoms with van der Waals surface area (Å²) in [6.45, 7) is 4.89. The Labute approximate surface area is 193 Å². The van der Waals surface area contributed by atoms with E-state index in [1.807, 2.05) is 0 Å². The lowest BCUT2D eigenvalue weighted by Gasteiger charge is -2.35. The van der Waals surface area contributed by atoms with E-state index in [1.165, 1.54) is 18.9 Å². The molecule has 0 saturated carbocycles. The van der Waals surface area contributed by atoms with Gasteiger partial charge >= 0.3 is 6.61 Å². The highest BCUT2D eigenvalue weighted by atomic mass is 127. The molecule has 1 aromatic rings. The van der Waals surface area contributed by atoms with E-state index >= 15 is 0 Å². The Hall–Kier alpha value is -1.56. The number of nitrogens with zero attached hydrogens (tertiary/aromatic N) is 2. The standard InChI is InChI=1S/C20H30F2N4O3.HI/c1-13(2)26-6-4-5-14(11-26)9-24-20(23-3)25-10-15-7-17-18(28-12-27-17)8-16(15)29-19(21)22;/h7-8,13-14,19H,4-6,9-12H2,1-3H3,(H2,23,24,25);1H. The number of nitrogens with one attached hydrogen (secondary N) is 2. The van der Waals surface area contributed by atoms with Crippen molar-refractivity contribution < 1.29 is 23.0 Å². The SMILES string of the molecule is CN=C(NCc1cc2c(cc1OC(F)F)OCO2)NCC1CCCN(C(C)C)C1.I. The van der Waals surface area contributed by atoms with Crippen molar-refractivity contribution in [2.45, 2.75) is 45.9 Å². The molecule has 0 amide bonds. The lowest BCUT2D eigenvalue weighted by molar-refractivity contribution is -0.0505. The van der Waals surface area contributed by atoms with Crippen LogP contribution in [-0.4, -0.2) is 57.0 Å². The minimum Gasteiger partial charge on any atom is -0.454 e. The molecule has 3 rings (SSSR count). The van der Waals surface area contributed by atoms with Crippen molar-refractivity contribution in [3.63, 3.8) is 0 Å². The number of aliphatic imine (C=N–C) groups is 1. The van der Waals surface area contributed by atoms with Gasteiger partial charge in [0.2, 0.25) is 6.79 Å². The summed E-state index contributed by atoms with van der Waals surface area (Å²) < 4.78 is 40.8. The summed E-state index contributed by atoms with van der Waals surface area (Å²) in [5, 5.41) is 6.52. The van der Waals surface area contributed by atoms with Gasteiger partial charge in [0.25, 0.3) is 0 Å². The van der Waals surface area contributed by atoms with Crippen molar-refractivity contribution in [2.24, 2.45) is 10.9 Å². The molecule has 0 spiro atoms. The average molecular weight is 540 g/mol. The summed E-state index contributed by atoms with van der Waals surface area (Å²) >= 11 is 0. The van der Waals surface area contributed by atoms with Crippen LogP contribution in [0.15, 0.2) is 17.1 Å². The fraction of sp³-hybridized carbons (Fsp3) is 0.650. The van der Waals surface area contributed by atoms with Gasteiger partial charge in [0.15, 0.2) is 17.5 Å². The highest BCUT2D eigenvalue weighted by Crippen LogP contribution is 2.38. The van der Waals surface area contributed by atoms with Crippen LogP contribution >= 0.6 is 24.0 Å². The van der Waals surface area contributed by atoms with Crippen LogP contribution in [0.25, 0.3) is 0 Å². The maximum absolute atomic E-state index is 12.8. The van der Waals surface area contributed by atoms with Crippen molar-refractivity contribution in [1.29, 1.82) is 0 Å². The van der Waals surface area contributed by atoms with Gasteiger partial charge in [-0.05, 0) is 45.2 Å². The van der Waals surface area contributed by atoms with E-state index in [9.17, 15) is 8.78 Å². The van der Waals surface area contributed by atoms with E-state index in [1.54, 1.807) is 13.1 Å². The van der Waals surface area contributed by atoms with Crippen LogP contribution in [0.2, 0.25) is 0 Å². The molecule has 1 unspecified atom stereocenters. The van der Waals surface area contributed by atoms with Crippen LogP contribution in [0.4, 0.5) is 8.78 Å². The summed E-state index contributed by atoms with van der Waals surface area (Å²) in [5.41, 5.74) is 0.543. The van der Waals surface area contributed by atoms with Gasteiger partial charge in [0.1, 0.15) is 5.75 Å². The number of alkyl halides is 2. The van der Waals surface area contributed by atoms with Crippen molar-refractivity contribution in [1.82, 2.24) is 15.5 Å². The molecular weight excluding hydrogens is 509 g/mol. The topological polar surface area (TPSA) is 67.4 Å². The number of rotatable bonds is 7. The number of halogens is 3. The third kappa shape index (κ3) is 6.73. The molecule has 7 nitrogen and oxygen atoms in total. The minimum absolute atomic E-state index is 0. The van der Waals surface area contributed by atoms with Gasteiger partial charge in [-0.2, -0.15) is 8.78 Å². The van der Waals surface area contributed by atoms with Crippen LogP contribution in [0, 0.1) is 5.92 Å². The van der Waals surface area contributed by atoms with Crippen molar-refractivity contribution in [2.75, 3.05) is 33.5 Å². The second-order valence-electron chi connectivity index (χ2n) is 7.60. The maximum atomic E-state index is 12.8. The zero-order valence-electron chi connectivity index (χ0n) is 17.6. The van der Waals surface area contributed by atoms with Gasteiger partial charge in [-0.15, -0.1) is 24.0 Å². The van der Waals surface area contributed by atoms with Crippen LogP contribution in [0.5, 0.6) is 17.2 Å². The highest BCUT2D eigenvalue weighted by Gasteiger charge is 2.22. The Bertz CT molecular complexity index is 722. The number of hydrogen-bond donors (Lipinski definition) is 2. The fourth-order valence-corrected chi connectivity index (χ4v) is 3.68. The fourth-order valence-electron chi connectivity index (χ4n) is 3.68. The number of ether oxygens (including phenoxy) is 3. The summed E-state index contributed by atoms with van der Waals surface area (Å²) in [6, 6.07) is 3.64. The number of likely N-dealkylation sites (tertiary alicyclic amines) is 1. The molecule has 1 fully saturated rings. The van der Waals surface area contributed by atoms with Crippen molar-refractivity contribution in [3.05, 3.63) is 17.7 Å². The second-order valence-corrected chi connectivity index (χ2v) is 7.60. The third-order valence-electron chi connectivity index (χ3n) is 5.28. The average Bonchev–Trinajstić information content (AvgIpc) is 3.15. The first-order valence-corrected chi connectivity index (χ1v) is 10.0. The molecule has 1 aromatic carbocycles. The molecular formula is C20H31F2IN4O3. The van der Waals surface area contributed by atoms with E-state index < -0.39 is 6.61 Å². The monoisotopic (exact) mass is 540 g/mol. The molecule has 2 N–H and O–H groups in total. The zero-order valence-corrected chi connectivity index (χ0v) is 20.0. The Balaban J connectivity index is 0.00000320. The molecule has 1 atom stereocenters. The quantitative estimate of drug-likeness (QED) is 0.314. The third-order valence-corrected chi connectivity index (χ3v) is 5.28. The summed E-state index contributed by atoms with van der Waals surface area (Å²) in [4.78, 5) is 6.73. The molecule has 0 bridgehead atoms. The summed E-state index contributed by atoms with van der Waals surface area (Å²) in [6.07, 6.45) is 2.38. The molecule has 2 aliphatic heterocycles. The first kappa shape index (κ1) is 24.7. The van der Waals surface area contributed by atoms with Gasteiger partial charge in [0.05, 0.1) is 0 Å². The molecule has 10 heteroatoms. The highest BCUT2D eigenvalue weighted by molar-refractivity contribution is 14.0.